The van der Waals surface area contributed by atoms with Crippen molar-refractivity contribution in [3.63, 3.8) is 0 Å². The first-order chi connectivity index (χ1) is 13.2. The van der Waals surface area contributed by atoms with Gasteiger partial charge in [-0.25, -0.2) is 14.6 Å². The van der Waals surface area contributed by atoms with Crippen molar-refractivity contribution in [1.82, 2.24) is 30.2 Å². The lowest BCUT2D eigenvalue weighted by molar-refractivity contribution is 0.481. The van der Waals surface area contributed by atoms with Crippen molar-refractivity contribution >= 4 is 34.0 Å². The Bertz CT molecular complexity index is 1050. The van der Waals surface area contributed by atoms with E-state index in [4.69, 9.17) is 4.74 Å². The number of benzene rings is 1. The third-order valence-corrected chi connectivity index (χ3v) is 5.30. The average molecular weight is 397 g/mol. The van der Waals surface area contributed by atoms with Crippen LogP contribution in [0.2, 0.25) is 0 Å². The topological polar surface area (TPSA) is 90.6 Å². The molecule has 8 nitrogen and oxygen atoms in total. The first kappa shape index (κ1) is 17.4. The Hall–Kier alpha value is -2.98. The van der Waals surface area contributed by atoms with Crippen LogP contribution in [0.4, 0.5) is 10.9 Å². The minimum Gasteiger partial charge on any atom is -0.453 e. The number of nitrogens with one attached hydrogen (secondary N) is 1. The zero-order chi connectivity index (χ0) is 18.6. The fourth-order valence-corrected chi connectivity index (χ4v) is 3.61. The fraction of sp³-hybridized carbons (Fsp3) is 0.118. The normalized spacial score (nSPS) is 10.7. The van der Waals surface area contributed by atoms with E-state index >= 15 is 0 Å². The second-order valence-electron chi connectivity index (χ2n) is 5.54. The number of anilines is 2. The summed E-state index contributed by atoms with van der Waals surface area (Å²) in [6, 6.07) is 11.5. The molecule has 0 aliphatic heterocycles. The van der Waals surface area contributed by atoms with Crippen LogP contribution in [0.1, 0.15) is 5.69 Å². The van der Waals surface area contributed by atoms with Crippen LogP contribution < -0.4 is 10.1 Å². The summed E-state index contributed by atoms with van der Waals surface area (Å²) in [5.74, 6) is 1.91. The summed E-state index contributed by atoms with van der Waals surface area (Å²) in [5.41, 5.74) is 0.954. The van der Waals surface area contributed by atoms with Gasteiger partial charge in [-0.15, -0.1) is 16.4 Å². The Morgan fingerprint density at radius 3 is 2.78 bits per heavy atom. The van der Waals surface area contributed by atoms with Gasteiger partial charge in [-0.3, -0.25) is 0 Å². The standard InChI is InChI=1S/C17H15N7OS2/c1-11-10-26-16(19-11)20-15-14(25-12-6-4-3-5-7-12)8-13(9-18-15)27-17-21-22-23-24(17)2/h3-10H,1-2H3,(H,18,19,20). The number of nitrogens with zero attached hydrogens (tertiary/aromatic N) is 6. The van der Waals surface area contributed by atoms with E-state index in [0.717, 1.165) is 21.5 Å². The molecule has 136 valence electrons. The second-order valence-corrected chi connectivity index (χ2v) is 7.44. The number of aromatic nitrogens is 6. The van der Waals surface area contributed by atoms with Gasteiger partial charge in [0.05, 0.1) is 5.69 Å². The van der Waals surface area contributed by atoms with Crippen LogP contribution in [-0.2, 0) is 7.05 Å². The molecule has 0 spiro atoms. The van der Waals surface area contributed by atoms with Crippen LogP contribution in [0, 0.1) is 6.92 Å². The number of rotatable bonds is 6. The molecule has 0 saturated heterocycles. The Labute approximate surface area is 163 Å². The largest absolute Gasteiger partial charge is 0.453 e. The van der Waals surface area contributed by atoms with E-state index in [1.54, 1.807) is 17.9 Å². The summed E-state index contributed by atoms with van der Waals surface area (Å²) in [6.07, 6.45) is 1.75. The third-order valence-electron chi connectivity index (χ3n) is 3.43. The molecule has 1 N–H and O–H groups in total. The highest BCUT2D eigenvalue weighted by atomic mass is 32.2. The van der Waals surface area contributed by atoms with Gasteiger partial charge in [0.1, 0.15) is 5.75 Å². The fourth-order valence-electron chi connectivity index (χ4n) is 2.20. The minimum absolute atomic E-state index is 0.591. The van der Waals surface area contributed by atoms with Crippen molar-refractivity contribution in [2.75, 3.05) is 5.32 Å². The molecule has 3 heterocycles. The van der Waals surface area contributed by atoms with E-state index < -0.39 is 0 Å². The van der Waals surface area contributed by atoms with E-state index in [1.165, 1.54) is 23.1 Å². The van der Waals surface area contributed by atoms with Gasteiger partial charge >= 0.3 is 0 Å². The molecule has 4 aromatic rings. The molecule has 0 radical (unpaired) electrons. The molecule has 0 bridgehead atoms. The summed E-state index contributed by atoms with van der Waals surface area (Å²) in [6.45, 7) is 1.95. The van der Waals surface area contributed by atoms with Gasteiger partial charge < -0.3 is 10.1 Å². The molecule has 0 unspecified atom stereocenters. The average Bonchev–Trinajstić information content (AvgIpc) is 3.26. The molecule has 3 aromatic heterocycles. The quantitative estimate of drug-likeness (QED) is 0.521. The van der Waals surface area contributed by atoms with Crippen LogP contribution >= 0.6 is 23.1 Å². The summed E-state index contributed by atoms with van der Waals surface area (Å²) < 4.78 is 7.66. The summed E-state index contributed by atoms with van der Waals surface area (Å²) in [7, 11) is 1.79. The van der Waals surface area contributed by atoms with Crippen molar-refractivity contribution in [2.45, 2.75) is 17.0 Å². The van der Waals surface area contributed by atoms with Crippen molar-refractivity contribution < 1.29 is 4.74 Å². The van der Waals surface area contributed by atoms with Gasteiger partial charge in [0.25, 0.3) is 0 Å². The van der Waals surface area contributed by atoms with Crippen molar-refractivity contribution in [2.24, 2.45) is 7.05 Å². The molecule has 0 aliphatic rings. The van der Waals surface area contributed by atoms with Crippen LogP contribution in [0.5, 0.6) is 11.5 Å². The van der Waals surface area contributed by atoms with E-state index in [0.29, 0.717) is 16.7 Å². The van der Waals surface area contributed by atoms with E-state index in [2.05, 4.69) is 30.8 Å². The Morgan fingerprint density at radius 1 is 1.22 bits per heavy atom. The molecule has 0 fully saturated rings. The molecule has 1 aromatic carbocycles. The molecule has 0 aliphatic carbocycles. The lowest BCUT2D eigenvalue weighted by atomic mass is 10.3. The lowest BCUT2D eigenvalue weighted by Gasteiger charge is -2.12. The van der Waals surface area contributed by atoms with Gasteiger partial charge in [0.2, 0.25) is 5.16 Å². The van der Waals surface area contributed by atoms with Crippen LogP contribution in [0.3, 0.4) is 0 Å². The maximum absolute atomic E-state index is 6.06. The second kappa shape index (κ2) is 7.72. The van der Waals surface area contributed by atoms with Gasteiger partial charge in [-0.1, -0.05) is 18.2 Å². The molecule has 0 atom stereocenters. The highest BCUT2D eigenvalue weighted by molar-refractivity contribution is 7.99. The number of hydrogen-bond donors (Lipinski definition) is 1. The number of tetrazole rings is 1. The first-order valence-corrected chi connectivity index (χ1v) is 9.69. The van der Waals surface area contributed by atoms with Gasteiger partial charge in [0, 0.05) is 29.6 Å². The van der Waals surface area contributed by atoms with Crippen LogP contribution in [0.15, 0.2) is 58.0 Å². The smallest absolute Gasteiger partial charge is 0.213 e. The monoisotopic (exact) mass is 397 g/mol. The summed E-state index contributed by atoms with van der Waals surface area (Å²) in [5, 5.41) is 18.1. The molecule has 0 amide bonds. The maximum Gasteiger partial charge on any atom is 0.213 e. The highest BCUT2D eigenvalue weighted by Gasteiger charge is 2.13. The number of ether oxygens (including phenoxy) is 1. The molecular weight excluding hydrogens is 382 g/mol. The minimum atomic E-state index is 0.591. The van der Waals surface area contributed by atoms with Crippen LogP contribution in [0.25, 0.3) is 0 Å². The molecule has 0 saturated carbocycles. The third kappa shape index (κ3) is 4.23. The van der Waals surface area contributed by atoms with E-state index in [-0.39, 0.29) is 0 Å². The molecule has 4 rings (SSSR count). The highest BCUT2D eigenvalue weighted by Crippen LogP contribution is 2.35. The van der Waals surface area contributed by atoms with Crippen molar-refractivity contribution in [3.05, 3.63) is 53.7 Å². The number of aryl methyl sites for hydroxylation is 2. The van der Waals surface area contributed by atoms with Gasteiger partial charge in [0.15, 0.2) is 16.7 Å². The number of hydrogen-bond acceptors (Lipinski definition) is 9. The molecule has 27 heavy (non-hydrogen) atoms. The zero-order valence-electron chi connectivity index (χ0n) is 14.5. The zero-order valence-corrected chi connectivity index (χ0v) is 16.2. The summed E-state index contributed by atoms with van der Waals surface area (Å²) in [4.78, 5) is 9.81. The molecule has 10 heteroatoms. The van der Waals surface area contributed by atoms with Crippen LogP contribution in [-0.4, -0.2) is 30.2 Å². The molecular formula is C17H15N7OS2. The van der Waals surface area contributed by atoms with Gasteiger partial charge in [-0.05, 0) is 41.2 Å². The van der Waals surface area contributed by atoms with E-state index in [1.807, 2.05) is 48.7 Å². The predicted molar refractivity (Wildman–Crippen MR) is 104 cm³/mol. The lowest BCUT2D eigenvalue weighted by Crippen LogP contribution is -1.98. The predicted octanol–water partition coefficient (Wildman–Crippen LogP) is 4.06. The SMILES string of the molecule is Cc1csc(Nc2ncc(Sc3nnnn3C)cc2Oc2ccccc2)n1. The maximum atomic E-state index is 6.06. The first-order valence-electron chi connectivity index (χ1n) is 8.00. The summed E-state index contributed by atoms with van der Waals surface area (Å²) >= 11 is 2.92. The van der Waals surface area contributed by atoms with E-state index in [9.17, 15) is 0 Å². The Morgan fingerprint density at radius 2 is 2.07 bits per heavy atom. The number of pyridine rings is 1. The van der Waals surface area contributed by atoms with Crippen molar-refractivity contribution in [3.8, 4) is 11.5 Å². The number of para-hydroxylation sites is 1. The van der Waals surface area contributed by atoms with Crippen molar-refractivity contribution in [1.29, 1.82) is 0 Å². The Balaban J connectivity index is 1.65. The Kier molecular flexibility index (Phi) is 4.99. The van der Waals surface area contributed by atoms with Gasteiger partial charge in [-0.2, -0.15) is 0 Å². The number of thiazole rings is 1.